The average Bonchev–Trinajstić information content (AvgIpc) is 3.01. The molecule has 0 spiro atoms. The molecule has 0 aliphatic heterocycles. The van der Waals surface area contributed by atoms with Crippen molar-refractivity contribution in [3.05, 3.63) is 54.0 Å². The lowest BCUT2D eigenvalue weighted by atomic mass is 9.97. The first-order valence-corrected chi connectivity index (χ1v) is 10.0. The van der Waals surface area contributed by atoms with Crippen molar-refractivity contribution in [3.8, 4) is 11.1 Å². The van der Waals surface area contributed by atoms with Crippen LogP contribution in [0.5, 0.6) is 0 Å². The topological polar surface area (TPSA) is 90.2 Å². The second-order valence-electron chi connectivity index (χ2n) is 6.97. The Morgan fingerprint density at radius 3 is 2.59 bits per heavy atom. The second-order valence-corrected chi connectivity index (χ2v) is 7.73. The Labute approximate surface area is 161 Å². The van der Waals surface area contributed by atoms with E-state index in [0.717, 1.165) is 33.2 Å². The molecule has 0 fully saturated rings. The number of fused-ring (bicyclic) bond motifs is 1. The average molecular weight is 386 g/mol. The fourth-order valence-corrected chi connectivity index (χ4v) is 3.71. The normalized spacial score (nSPS) is 14.0. The van der Waals surface area contributed by atoms with Crippen molar-refractivity contribution in [2.45, 2.75) is 33.4 Å². The Kier molecular flexibility index (Phi) is 6.06. The van der Waals surface area contributed by atoms with Crippen LogP contribution >= 0.6 is 0 Å². The third kappa shape index (κ3) is 4.11. The minimum Gasteiger partial charge on any atom is -0.760 e. The number of nitrogens with one attached hydrogen (secondary N) is 1. The smallest absolute Gasteiger partial charge is 0.133 e. The summed E-state index contributed by atoms with van der Waals surface area (Å²) in [5, 5.41) is 11.8. The standard InChI is InChI=1S/C20H25N3O3S/c1-13(2)20(24)23-12-16(8-11-22-27(25)26)18-5-4-17(14(3)19(18)23)15-6-9-21-10-7-15/h4-7,9-10,12-13,20,22,24H,8,11H2,1-3H3,(H,25,26)/p-1. The lowest BCUT2D eigenvalue weighted by Gasteiger charge is -2.19. The highest BCUT2D eigenvalue weighted by Crippen LogP contribution is 2.35. The van der Waals surface area contributed by atoms with Gasteiger partial charge in [-0.3, -0.25) is 9.19 Å². The lowest BCUT2D eigenvalue weighted by Crippen LogP contribution is -2.19. The SMILES string of the molecule is Cc1c(-c2ccncc2)ccc2c(CCNS(=O)[O-])cn(C(O)C(C)C)c12. The first-order chi connectivity index (χ1) is 12.9. The number of pyridine rings is 1. The van der Waals surface area contributed by atoms with E-state index in [1.54, 1.807) is 12.4 Å². The summed E-state index contributed by atoms with van der Waals surface area (Å²) in [5.41, 5.74) is 5.22. The van der Waals surface area contributed by atoms with Crippen LogP contribution in [0.15, 0.2) is 42.9 Å². The number of aliphatic hydroxyl groups excluding tert-OH is 1. The molecule has 2 aromatic heterocycles. The highest BCUT2D eigenvalue weighted by Gasteiger charge is 2.19. The quantitative estimate of drug-likeness (QED) is 0.611. The van der Waals surface area contributed by atoms with Gasteiger partial charge in [-0.1, -0.05) is 26.0 Å². The van der Waals surface area contributed by atoms with Crippen molar-refractivity contribution < 1.29 is 13.9 Å². The van der Waals surface area contributed by atoms with Crippen LogP contribution in [-0.2, 0) is 17.7 Å². The number of hydrogen-bond acceptors (Lipinski definition) is 4. The van der Waals surface area contributed by atoms with Crippen molar-refractivity contribution in [2.75, 3.05) is 6.54 Å². The van der Waals surface area contributed by atoms with E-state index in [-0.39, 0.29) is 5.92 Å². The van der Waals surface area contributed by atoms with Crippen molar-refractivity contribution in [2.24, 2.45) is 5.92 Å². The predicted molar refractivity (Wildman–Crippen MR) is 107 cm³/mol. The monoisotopic (exact) mass is 386 g/mol. The molecule has 0 saturated carbocycles. The van der Waals surface area contributed by atoms with E-state index in [9.17, 15) is 13.9 Å². The Balaban J connectivity index is 2.14. The van der Waals surface area contributed by atoms with Gasteiger partial charge in [0.25, 0.3) is 0 Å². The van der Waals surface area contributed by atoms with E-state index >= 15 is 0 Å². The fourth-order valence-electron chi connectivity index (χ4n) is 3.44. The van der Waals surface area contributed by atoms with E-state index in [0.29, 0.717) is 13.0 Å². The summed E-state index contributed by atoms with van der Waals surface area (Å²) >= 11 is -2.28. The van der Waals surface area contributed by atoms with Crippen LogP contribution in [0.3, 0.4) is 0 Å². The molecule has 3 aromatic rings. The van der Waals surface area contributed by atoms with E-state index in [4.69, 9.17) is 0 Å². The molecule has 3 rings (SSSR count). The first-order valence-electron chi connectivity index (χ1n) is 8.94. The summed E-state index contributed by atoms with van der Waals surface area (Å²) < 4.78 is 25.8. The summed E-state index contributed by atoms with van der Waals surface area (Å²) in [5.74, 6) is 0.0460. The van der Waals surface area contributed by atoms with E-state index < -0.39 is 17.5 Å². The zero-order chi connectivity index (χ0) is 19.6. The Morgan fingerprint density at radius 2 is 1.96 bits per heavy atom. The minimum atomic E-state index is -2.28. The number of aromatic nitrogens is 2. The van der Waals surface area contributed by atoms with Crippen molar-refractivity contribution >= 4 is 22.2 Å². The molecule has 0 saturated heterocycles. The molecule has 0 amide bonds. The van der Waals surface area contributed by atoms with E-state index in [1.165, 1.54) is 0 Å². The number of benzene rings is 1. The molecule has 0 bridgehead atoms. The van der Waals surface area contributed by atoms with Gasteiger partial charge in [-0.2, -0.15) is 0 Å². The first kappa shape index (κ1) is 19.7. The summed E-state index contributed by atoms with van der Waals surface area (Å²) in [6, 6.07) is 8.05. The Morgan fingerprint density at radius 1 is 1.26 bits per heavy atom. The molecule has 2 unspecified atom stereocenters. The molecule has 7 heteroatoms. The molecule has 0 radical (unpaired) electrons. The molecule has 27 heavy (non-hydrogen) atoms. The van der Waals surface area contributed by atoms with Gasteiger partial charge >= 0.3 is 0 Å². The molecule has 2 heterocycles. The van der Waals surface area contributed by atoms with E-state index in [1.807, 2.05) is 42.8 Å². The molecule has 0 aliphatic carbocycles. The fraction of sp³-hybridized carbons (Fsp3) is 0.350. The van der Waals surface area contributed by atoms with Gasteiger partial charge in [-0.15, -0.1) is 0 Å². The molecule has 2 atom stereocenters. The maximum Gasteiger partial charge on any atom is 0.133 e. The molecular weight excluding hydrogens is 362 g/mol. The third-order valence-corrected chi connectivity index (χ3v) is 5.26. The number of nitrogens with zero attached hydrogens (tertiary/aromatic N) is 2. The molecular formula is C20H24N3O3S-. The van der Waals surface area contributed by atoms with Crippen LogP contribution in [0.4, 0.5) is 0 Å². The maximum atomic E-state index is 10.8. The van der Waals surface area contributed by atoms with Gasteiger partial charge < -0.3 is 14.2 Å². The van der Waals surface area contributed by atoms with Crippen LogP contribution in [0.25, 0.3) is 22.0 Å². The van der Waals surface area contributed by atoms with Crippen molar-refractivity contribution in [3.63, 3.8) is 0 Å². The highest BCUT2D eigenvalue weighted by molar-refractivity contribution is 7.77. The largest absolute Gasteiger partial charge is 0.760 e. The van der Waals surface area contributed by atoms with Gasteiger partial charge in [-0.05, 0) is 53.6 Å². The molecule has 0 aliphatic rings. The zero-order valence-electron chi connectivity index (χ0n) is 15.7. The second kappa shape index (κ2) is 8.31. The predicted octanol–water partition coefficient (Wildman–Crippen LogP) is 3.08. The van der Waals surface area contributed by atoms with Gasteiger partial charge in [0.15, 0.2) is 0 Å². The van der Waals surface area contributed by atoms with Gasteiger partial charge in [0.05, 0.1) is 5.52 Å². The van der Waals surface area contributed by atoms with Gasteiger partial charge in [0.2, 0.25) is 0 Å². The number of aryl methyl sites for hydroxylation is 1. The van der Waals surface area contributed by atoms with Gasteiger partial charge in [-0.25, -0.2) is 4.72 Å². The van der Waals surface area contributed by atoms with E-state index in [2.05, 4.69) is 22.7 Å². The summed E-state index contributed by atoms with van der Waals surface area (Å²) in [4.78, 5) is 4.08. The maximum absolute atomic E-state index is 10.8. The molecule has 6 nitrogen and oxygen atoms in total. The van der Waals surface area contributed by atoms with Gasteiger partial charge in [0, 0.05) is 41.8 Å². The van der Waals surface area contributed by atoms with Crippen LogP contribution in [0.2, 0.25) is 0 Å². The summed E-state index contributed by atoms with van der Waals surface area (Å²) in [6.45, 7) is 6.31. The molecule has 1 aromatic carbocycles. The van der Waals surface area contributed by atoms with Crippen molar-refractivity contribution in [1.82, 2.24) is 14.3 Å². The molecule has 144 valence electrons. The van der Waals surface area contributed by atoms with Crippen LogP contribution in [0, 0.1) is 12.8 Å². The number of rotatable bonds is 7. The van der Waals surface area contributed by atoms with Crippen LogP contribution in [0.1, 0.15) is 31.2 Å². The lowest BCUT2D eigenvalue weighted by molar-refractivity contribution is 0.0609. The zero-order valence-corrected chi connectivity index (χ0v) is 16.5. The Bertz CT molecular complexity index is 954. The third-order valence-electron chi connectivity index (χ3n) is 4.82. The van der Waals surface area contributed by atoms with Crippen LogP contribution in [-0.4, -0.2) is 30.0 Å². The summed E-state index contributed by atoms with van der Waals surface area (Å²) in [6.07, 6.45) is 5.36. The van der Waals surface area contributed by atoms with Crippen molar-refractivity contribution in [1.29, 1.82) is 0 Å². The summed E-state index contributed by atoms with van der Waals surface area (Å²) in [7, 11) is 0. The minimum absolute atomic E-state index is 0.0460. The number of hydrogen-bond donors (Lipinski definition) is 2. The number of aliphatic hydroxyl groups is 1. The highest BCUT2D eigenvalue weighted by atomic mass is 32.2. The Hall–Kier alpha value is -2.06. The molecule has 2 N–H and O–H groups in total. The van der Waals surface area contributed by atoms with Crippen LogP contribution < -0.4 is 4.72 Å². The van der Waals surface area contributed by atoms with Gasteiger partial charge in [0.1, 0.15) is 6.23 Å².